The molecule has 8 nitrogen and oxygen atoms in total. The van der Waals surface area contributed by atoms with Crippen molar-refractivity contribution < 1.29 is 28.6 Å². The number of amides is 1. The number of H-pyrrole nitrogens is 1. The molecule has 0 bridgehead atoms. The van der Waals surface area contributed by atoms with Crippen molar-refractivity contribution in [3.8, 4) is 0 Å². The Morgan fingerprint density at radius 1 is 1.21 bits per heavy atom. The van der Waals surface area contributed by atoms with Gasteiger partial charge in [-0.2, -0.15) is 0 Å². The van der Waals surface area contributed by atoms with Crippen molar-refractivity contribution in [2.75, 3.05) is 7.11 Å². The maximum absolute atomic E-state index is 13.6. The van der Waals surface area contributed by atoms with E-state index in [0.29, 0.717) is 22.4 Å². The third-order valence-corrected chi connectivity index (χ3v) is 5.87. The van der Waals surface area contributed by atoms with Crippen LogP contribution >= 0.6 is 0 Å². The number of benzene rings is 1. The number of Topliss-reactive ketones (excluding diaryl/α,β-unsaturated/α-hetero) is 1. The van der Waals surface area contributed by atoms with Gasteiger partial charge in [0.1, 0.15) is 17.3 Å². The quantitative estimate of drug-likeness (QED) is 0.259. The normalized spacial score (nSPS) is 17.3. The molecule has 0 aliphatic carbocycles. The van der Waals surface area contributed by atoms with Gasteiger partial charge in [-0.05, 0) is 48.7 Å². The predicted octanol–water partition coefficient (Wildman–Crippen LogP) is 3.57. The number of aromatic amines is 1. The van der Waals surface area contributed by atoms with E-state index in [2.05, 4.69) is 9.97 Å². The van der Waals surface area contributed by atoms with E-state index in [1.165, 1.54) is 36.3 Å². The first-order chi connectivity index (χ1) is 16.2. The topological polar surface area (TPSA) is 113 Å². The van der Waals surface area contributed by atoms with Crippen LogP contribution in [0.25, 0.3) is 5.76 Å². The van der Waals surface area contributed by atoms with Gasteiger partial charge >= 0.3 is 5.97 Å². The number of likely N-dealkylation sites (tertiary alicyclic amines) is 1. The second-order valence-electron chi connectivity index (χ2n) is 7.96. The van der Waals surface area contributed by atoms with E-state index in [9.17, 15) is 23.9 Å². The number of nitrogens with zero attached hydrogens (tertiary/aromatic N) is 2. The molecule has 1 saturated heterocycles. The van der Waals surface area contributed by atoms with Crippen molar-refractivity contribution in [1.82, 2.24) is 14.9 Å². The molecule has 3 heterocycles. The number of carbonyl (C=O) groups is 3. The number of esters is 1. The van der Waals surface area contributed by atoms with Gasteiger partial charge in [0.05, 0.1) is 18.7 Å². The molecule has 1 amide bonds. The average Bonchev–Trinajstić information content (AvgIpc) is 3.27. The van der Waals surface area contributed by atoms with Crippen molar-refractivity contribution in [3.05, 3.63) is 93.8 Å². The molecule has 4 rings (SSSR count). The van der Waals surface area contributed by atoms with Gasteiger partial charge in [-0.15, -0.1) is 0 Å². The van der Waals surface area contributed by atoms with Crippen molar-refractivity contribution in [3.63, 3.8) is 0 Å². The van der Waals surface area contributed by atoms with Crippen LogP contribution < -0.4 is 0 Å². The summed E-state index contributed by atoms with van der Waals surface area (Å²) >= 11 is 0. The maximum Gasteiger partial charge on any atom is 0.354 e. The smallest absolute Gasteiger partial charge is 0.354 e. The van der Waals surface area contributed by atoms with Gasteiger partial charge in [0.25, 0.3) is 11.7 Å². The largest absolute Gasteiger partial charge is 0.507 e. The number of aromatic nitrogens is 2. The van der Waals surface area contributed by atoms with Crippen LogP contribution in [0.4, 0.5) is 4.39 Å². The number of halogens is 1. The number of methoxy groups -OCH3 is 1. The van der Waals surface area contributed by atoms with E-state index in [0.717, 1.165) is 0 Å². The summed E-state index contributed by atoms with van der Waals surface area (Å²) in [6, 6.07) is 7.87. The van der Waals surface area contributed by atoms with Crippen LogP contribution in [-0.2, 0) is 20.9 Å². The summed E-state index contributed by atoms with van der Waals surface area (Å²) in [6.45, 7) is 3.28. The summed E-state index contributed by atoms with van der Waals surface area (Å²) in [5, 5.41) is 11.3. The molecule has 174 valence electrons. The number of nitrogens with one attached hydrogen (secondary N) is 1. The van der Waals surface area contributed by atoms with E-state index in [-0.39, 0.29) is 23.4 Å². The number of ketones is 1. The Balaban J connectivity index is 1.91. The lowest BCUT2D eigenvalue weighted by Crippen LogP contribution is -2.29. The minimum absolute atomic E-state index is 0.0513. The summed E-state index contributed by atoms with van der Waals surface area (Å²) in [7, 11) is 1.23. The molecule has 3 aromatic rings. The fourth-order valence-electron chi connectivity index (χ4n) is 4.27. The van der Waals surface area contributed by atoms with Crippen LogP contribution in [0, 0.1) is 19.7 Å². The zero-order valence-corrected chi connectivity index (χ0v) is 18.8. The first-order valence-electron chi connectivity index (χ1n) is 10.4. The Hall–Kier alpha value is -4.27. The molecule has 34 heavy (non-hydrogen) atoms. The van der Waals surface area contributed by atoms with Gasteiger partial charge in [0, 0.05) is 30.2 Å². The van der Waals surface area contributed by atoms with Crippen molar-refractivity contribution in [2.45, 2.75) is 26.4 Å². The lowest BCUT2D eigenvalue weighted by molar-refractivity contribution is -0.140. The summed E-state index contributed by atoms with van der Waals surface area (Å²) in [6.07, 6.45) is 3.16. The third kappa shape index (κ3) is 3.85. The summed E-state index contributed by atoms with van der Waals surface area (Å²) in [5.74, 6) is -3.23. The zero-order valence-electron chi connectivity index (χ0n) is 18.8. The van der Waals surface area contributed by atoms with Gasteiger partial charge < -0.3 is 19.7 Å². The van der Waals surface area contributed by atoms with Crippen LogP contribution in [-0.4, -0.2) is 44.7 Å². The zero-order chi connectivity index (χ0) is 24.6. The van der Waals surface area contributed by atoms with Gasteiger partial charge in [0.15, 0.2) is 0 Å². The number of aliphatic hydroxyl groups is 1. The second-order valence-corrected chi connectivity index (χ2v) is 7.96. The van der Waals surface area contributed by atoms with E-state index >= 15 is 0 Å². The molecule has 1 atom stereocenters. The number of hydrogen-bond donors (Lipinski definition) is 2. The molecule has 9 heteroatoms. The van der Waals surface area contributed by atoms with E-state index in [1.807, 2.05) is 0 Å². The highest BCUT2D eigenvalue weighted by Crippen LogP contribution is 2.41. The monoisotopic (exact) mass is 463 g/mol. The number of carbonyl (C=O) groups excluding carboxylic acids is 3. The van der Waals surface area contributed by atoms with Crippen LogP contribution in [0.15, 0.2) is 54.4 Å². The van der Waals surface area contributed by atoms with Crippen LogP contribution in [0.3, 0.4) is 0 Å². The van der Waals surface area contributed by atoms with Gasteiger partial charge in [0.2, 0.25) is 0 Å². The minimum Gasteiger partial charge on any atom is -0.507 e. The predicted molar refractivity (Wildman–Crippen MR) is 120 cm³/mol. The SMILES string of the molecule is COC(=O)c1[nH]c(C)c(/C(O)=C2\C(=O)C(=O)N(Cc3cccnc3)[C@H]2c2ccc(F)cc2)c1C. The Morgan fingerprint density at radius 3 is 2.53 bits per heavy atom. The molecule has 1 aliphatic rings. The van der Waals surface area contributed by atoms with Gasteiger partial charge in [-0.25, -0.2) is 9.18 Å². The van der Waals surface area contributed by atoms with Crippen molar-refractivity contribution >= 4 is 23.4 Å². The highest BCUT2D eigenvalue weighted by atomic mass is 19.1. The second kappa shape index (κ2) is 8.93. The number of aryl methyl sites for hydroxylation is 1. The number of ether oxygens (including phenoxy) is 1. The molecule has 0 radical (unpaired) electrons. The molecule has 0 saturated carbocycles. The van der Waals surface area contributed by atoms with Crippen molar-refractivity contribution in [2.24, 2.45) is 0 Å². The Kier molecular flexibility index (Phi) is 6.02. The molecule has 1 aliphatic heterocycles. The number of pyridine rings is 1. The van der Waals surface area contributed by atoms with E-state index in [1.54, 1.807) is 38.4 Å². The molecule has 1 aromatic carbocycles. The minimum atomic E-state index is -0.976. The molecule has 2 aromatic heterocycles. The van der Waals surface area contributed by atoms with Crippen LogP contribution in [0.5, 0.6) is 0 Å². The lowest BCUT2D eigenvalue weighted by Gasteiger charge is -2.25. The Bertz CT molecular complexity index is 1310. The fourth-order valence-corrected chi connectivity index (χ4v) is 4.27. The highest BCUT2D eigenvalue weighted by molar-refractivity contribution is 6.46. The summed E-state index contributed by atoms with van der Waals surface area (Å²) in [5.41, 5.74) is 2.13. The third-order valence-electron chi connectivity index (χ3n) is 5.87. The standard InChI is InChI=1S/C25H22FN3O5/c1-13-18(14(2)28-20(13)25(33)34-3)22(30)19-21(16-6-8-17(26)9-7-16)29(24(32)23(19)31)12-15-5-4-10-27-11-15/h4-11,21,28,30H,12H2,1-3H3/b22-19+/t21-/m0/s1. The van der Waals surface area contributed by atoms with Gasteiger partial charge in [-0.1, -0.05) is 18.2 Å². The van der Waals surface area contributed by atoms with E-state index < -0.39 is 35.3 Å². The number of rotatable bonds is 5. The van der Waals surface area contributed by atoms with Crippen molar-refractivity contribution in [1.29, 1.82) is 0 Å². The number of hydrogen-bond acceptors (Lipinski definition) is 6. The first-order valence-corrected chi connectivity index (χ1v) is 10.4. The molecule has 2 N–H and O–H groups in total. The average molecular weight is 463 g/mol. The molecular formula is C25H22FN3O5. The van der Waals surface area contributed by atoms with Crippen LogP contribution in [0.1, 0.15) is 44.5 Å². The molecule has 0 unspecified atom stereocenters. The molecule has 1 fully saturated rings. The Labute approximate surface area is 194 Å². The number of aliphatic hydroxyl groups excluding tert-OH is 1. The fraction of sp³-hybridized carbons (Fsp3) is 0.200. The summed E-state index contributed by atoms with van der Waals surface area (Å²) in [4.78, 5) is 46.6. The first kappa shape index (κ1) is 22.9. The maximum atomic E-state index is 13.6. The van der Waals surface area contributed by atoms with Crippen LogP contribution in [0.2, 0.25) is 0 Å². The summed E-state index contributed by atoms with van der Waals surface area (Å²) < 4.78 is 18.4. The van der Waals surface area contributed by atoms with Gasteiger partial charge in [-0.3, -0.25) is 14.6 Å². The highest BCUT2D eigenvalue weighted by Gasteiger charge is 2.46. The molecular weight excluding hydrogens is 441 g/mol. The molecule has 0 spiro atoms. The van der Waals surface area contributed by atoms with E-state index in [4.69, 9.17) is 4.74 Å². The Morgan fingerprint density at radius 2 is 1.91 bits per heavy atom. The lowest BCUT2D eigenvalue weighted by atomic mass is 9.94.